The number of rotatable bonds is 7. The summed E-state index contributed by atoms with van der Waals surface area (Å²) in [6, 6.07) is 2.23. The summed E-state index contributed by atoms with van der Waals surface area (Å²) in [4.78, 5) is 23.4. The highest BCUT2D eigenvalue weighted by atomic mass is 32.3. The Bertz CT molecular complexity index is 780. The molecule has 8 nitrogen and oxygen atoms in total. The van der Waals surface area contributed by atoms with Crippen molar-refractivity contribution in [2.75, 3.05) is 13.7 Å². The van der Waals surface area contributed by atoms with Gasteiger partial charge in [0.2, 0.25) is 0 Å². The number of esters is 2. The van der Waals surface area contributed by atoms with E-state index in [1.807, 2.05) is 0 Å². The van der Waals surface area contributed by atoms with Gasteiger partial charge in [-0.25, -0.2) is 9.59 Å². The third-order valence-corrected chi connectivity index (χ3v) is 3.38. The summed E-state index contributed by atoms with van der Waals surface area (Å²) in [5, 5.41) is 0. The monoisotopic (exact) mass is 392 g/mol. The Balaban J connectivity index is 3.00. The summed E-state index contributed by atoms with van der Waals surface area (Å²) in [5.74, 6) is -1.78. The van der Waals surface area contributed by atoms with E-state index in [1.54, 1.807) is 27.7 Å². The maximum atomic E-state index is 12.8. The van der Waals surface area contributed by atoms with E-state index in [2.05, 4.69) is 8.92 Å². The van der Waals surface area contributed by atoms with Crippen molar-refractivity contribution >= 4 is 22.4 Å². The van der Waals surface area contributed by atoms with Crippen molar-refractivity contribution in [3.05, 3.63) is 28.8 Å². The molecule has 0 bridgehead atoms. The molecule has 0 amide bonds. The van der Waals surface area contributed by atoms with Crippen LogP contribution in [0.25, 0.3) is 0 Å². The molecule has 1 rings (SSSR count). The molecule has 26 heavy (non-hydrogen) atoms. The highest BCUT2D eigenvalue weighted by Gasteiger charge is 2.20. The number of hydrogen-bond donors (Lipinski definition) is 0. The molecule has 0 aliphatic rings. The van der Waals surface area contributed by atoms with Crippen molar-refractivity contribution < 1.29 is 40.3 Å². The molecule has 0 heterocycles. The number of hydrogen-bond acceptors (Lipinski definition) is 8. The summed E-state index contributed by atoms with van der Waals surface area (Å²) in [6.45, 7) is 6.14. The maximum absolute atomic E-state index is 12.8. The van der Waals surface area contributed by atoms with Crippen LogP contribution in [0.5, 0.6) is 5.75 Å². The van der Waals surface area contributed by atoms with Crippen LogP contribution in [0.4, 0.5) is 3.89 Å². The fourth-order valence-electron chi connectivity index (χ4n) is 2.00. The Morgan fingerprint density at radius 1 is 1.19 bits per heavy atom. The van der Waals surface area contributed by atoms with Crippen molar-refractivity contribution in [3.8, 4) is 5.75 Å². The van der Waals surface area contributed by atoms with Gasteiger partial charge in [-0.15, -0.1) is 0 Å². The molecule has 0 saturated heterocycles. The quantitative estimate of drug-likeness (QED) is 0.514. The first-order valence-corrected chi connectivity index (χ1v) is 8.79. The minimum atomic E-state index is -5.28. The first-order chi connectivity index (χ1) is 11.8. The van der Waals surface area contributed by atoms with Crippen molar-refractivity contribution in [2.24, 2.45) is 0 Å². The van der Waals surface area contributed by atoms with Gasteiger partial charge in [-0.3, -0.25) is 0 Å². The van der Waals surface area contributed by atoms with Crippen LogP contribution in [0, 0.1) is 6.92 Å². The maximum Gasteiger partial charge on any atom is 0.488 e. The van der Waals surface area contributed by atoms with Crippen LogP contribution in [0.3, 0.4) is 0 Å². The smallest absolute Gasteiger partial charge is 0.465 e. The van der Waals surface area contributed by atoms with Gasteiger partial charge in [0.25, 0.3) is 0 Å². The lowest BCUT2D eigenvalue weighted by atomic mass is 10.0. The van der Waals surface area contributed by atoms with Crippen molar-refractivity contribution in [1.82, 2.24) is 0 Å². The molecule has 1 aromatic carbocycles. The van der Waals surface area contributed by atoms with Crippen LogP contribution in [-0.4, -0.2) is 39.7 Å². The van der Waals surface area contributed by atoms with E-state index in [0.29, 0.717) is 11.1 Å². The van der Waals surface area contributed by atoms with Crippen molar-refractivity contribution in [2.45, 2.75) is 39.9 Å². The van der Waals surface area contributed by atoms with Gasteiger partial charge < -0.3 is 18.4 Å². The molecule has 146 valence electrons. The second kappa shape index (κ2) is 8.45. The number of ether oxygens (including phenoxy) is 3. The van der Waals surface area contributed by atoms with Gasteiger partial charge >= 0.3 is 22.4 Å². The number of carbonyl (C=O) groups excluding carboxylic acids is 2. The first kappa shape index (κ1) is 21.8. The number of benzene rings is 1. The molecule has 0 N–H and O–H groups in total. The summed E-state index contributed by atoms with van der Waals surface area (Å²) in [6.07, 6.45) is 0. The molecular weight excluding hydrogens is 371 g/mol. The Hall–Kier alpha value is -2.20. The molecular formula is C16H21FO8S. The number of carbonyl (C=O) groups is 2. The normalized spacial score (nSPS) is 11.8. The van der Waals surface area contributed by atoms with Crippen LogP contribution < -0.4 is 4.18 Å². The second-order valence-electron chi connectivity index (χ2n) is 6.30. The summed E-state index contributed by atoms with van der Waals surface area (Å²) in [7, 11) is -4.14. The molecule has 0 fully saturated rings. The molecule has 0 aliphatic heterocycles. The van der Waals surface area contributed by atoms with Crippen molar-refractivity contribution in [3.63, 3.8) is 0 Å². The van der Waals surface area contributed by atoms with E-state index in [0.717, 1.165) is 13.2 Å². The molecule has 0 aliphatic carbocycles. The van der Waals surface area contributed by atoms with Crippen LogP contribution in [0.1, 0.15) is 42.3 Å². The zero-order chi connectivity index (χ0) is 20.1. The van der Waals surface area contributed by atoms with E-state index in [9.17, 15) is 21.9 Å². The van der Waals surface area contributed by atoms with E-state index in [4.69, 9.17) is 9.47 Å². The fraction of sp³-hybridized carbons (Fsp3) is 0.500. The molecule has 10 heteroatoms. The van der Waals surface area contributed by atoms with Gasteiger partial charge in [0.1, 0.15) is 18.0 Å². The van der Waals surface area contributed by atoms with Gasteiger partial charge in [-0.1, -0.05) is 3.89 Å². The number of halogens is 1. The van der Waals surface area contributed by atoms with E-state index < -0.39 is 33.8 Å². The standard InChI is InChI=1S/C16H21FO8S/c1-10-11(8-23-9-14(18)24-16(2,3)4)6-12(25-26(17,20)21)7-13(10)15(19)22-5/h6-7H,8-9H2,1-5H3. The fourth-order valence-corrected chi connectivity index (χ4v) is 2.32. The third-order valence-electron chi connectivity index (χ3n) is 2.99. The predicted octanol–water partition coefficient (Wildman–Crippen LogP) is 2.23. The number of methoxy groups -OCH3 is 1. The van der Waals surface area contributed by atoms with Crippen LogP contribution >= 0.6 is 0 Å². The minimum Gasteiger partial charge on any atom is -0.465 e. The molecule has 0 aromatic heterocycles. The average Bonchev–Trinajstić information content (AvgIpc) is 2.45. The molecule has 0 saturated carbocycles. The average molecular weight is 392 g/mol. The largest absolute Gasteiger partial charge is 0.488 e. The van der Waals surface area contributed by atoms with E-state index >= 15 is 0 Å². The highest BCUT2D eigenvalue weighted by molar-refractivity contribution is 7.81. The predicted molar refractivity (Wildman–Crippen MR) is 88.7 cm³/mol. The lowest BCUT2D eigenvalue weighted by molar-refractivity contribution is -0.160. The molecule has 0 radical (unpaired) electrons. The SMILES string of the molecule is COC(=O)c1cc(OS(=O)(=O)F)cc(COCC(=O)OC(C)(C)C)c1C. The lowest BCUT2D eigenvalue weighted by Gasteiger charge is -2.19. The lowest BCUT2D eigenvalue weighted by Crippen LogP contribution is -2.26. The van der Waals surface area contributed by atoms with Gasteiger partial charge in [0.05, 0.1) is 19.3 Å². The van der Waals surface area contributed by atoms with Crippen LogP contribution in [-0.2, 0) is 36.1 Å². The molecule has 0 spiro atoms. The topological polar surface area (TPSA) is 105 Å². The van der Waals surface area contributed by atoms with Crippen LogP contribution in [0.2, 0.25) is 0 Å². The first-order valence-electron chi connectivity index (χ1n) is 7.48. The minimum absolute atomic E-state index is 0.0236. The Kier molecular flexibility index (Phi) is 7.10. The third kappa shape index (κ3) is 7.36. The molecule has 0 atom stereocenters. The molecule has 1 aromatic rings. The van der Waals surface area contributed by atoms with E-state index in [-0.39, 0.29) is 18.8 Å². The Morgan fingerprint density at radius 2 is 1.81 bits per heavy atom. The highest BCUT2D eigenvalue weighted by Crippen LogP contribution is 2.25. The molecule has 0 unspecified atom stereocenters. The van der Waals surface area contributed by atoms with Gasteiger partial charge in [0.15, 0.2) is 0 Å². The van der Waals surface area contributed by atoms with E-state index in [1.165, 1.54) is 6.07 Å². The Morgan fingerprint density at radius 3 is 2.31 bits per heavy atom. The zero-order valence-electron chi connectivity index (χ0n) is 15.1. The van der Waals surface area contributed by atoms with Crippen LogP contribution in [0.15, 0.2) is 12.1 Å². The van der Waals surface area contributed by atoms with Gasteiger partial charge in [-0.05, 0) is 51.0 Å². The summed E-state index contributed by atoms with van der Waals surface area (Å²) in [5.41, 5.74) is 0.0294. The summed E-state index contributed by atoms with van der Waals surface area (Å²) < 4.78 is 53.2. The zero-order valence-corrected chi connectivity index (χ0v) is 15.9. The van der Waals surface area contributed by atoms with Crippen molar-refractivity contribution in [1.29, 1.82) is 0 Å². The van der Waals surface area contributed by atoms with Gasteiger partial charge in [0, 0.05) is 0 Å². The van der Waals surface area contributed by atoms with Gasteiger partial charge in [-0.2, -0.15) is 8.42 Å². The second-order valence-corrected chi connectivity index (χ2v) is 7.26. The summed E-state index contributed by atoms with van der Waals surface area (Å²) >= 11 is 0. The Labute approximate surface area is 151 Å².